The summed E-state index contributed by atoms with van der Waals surface area (Å²) < 4.78 is 28.4. The molecule has 2 aromatic carbocycles. The molecule has 3 rings (SSSR count). The van der Waals surface area contributed by atoms with E-state index in [1.54, 1.807) is 31.2 Å². The van der Waals surface area contributed by atoms with Gasteiger partial charge in [0.15, 0.2) is 15.6 Å². The Hall–Kier alpha value is -2.93. The fourth-order valence-corrected chi connectivity index (χ4v) is 3.46. The van der Waals surface area contributed by atoms with Crippen LogP contribution in [0.3, 0.4) is 0 Å². The third kappa shape index (κ3) is 4.86. The Morgan fingerprint density at radius 2 is 1.89 bits per heavy atom. The Morgan fingerprint density at radius 1 is 1.18 bits per heavy atom. The van der Waals surface area contributed by atoms with E-state index in [9.17, 15) is 18.0 Å². The van der Waals surface area contributed by atoms with E-state index in [4.69, 9.17) is 4.74 Å². The highest BCUT2D eigenvalue weighted by atomic mass is 32.2. The molecule has 0 fully saturated rings. The molecule has 2 aromatic rings. The number of para-hydroxylation sites is 1. The van der Waals surface area contributed by atoms with Crippen LogP contribution in [-0.2, 0) is 16.3 Å². The zero-order chi connectivity index (χ0) is 20.3. The van der Waals surface area contributed by atoms with Gasteiger partial charge < -0.3 is 10.1 Å². The van der Waals surface area contributed by atoms with Crippen LogP contribution in [0.15, 0.2) is 53.9 Å². The van der Waals surface area contributed by atoms with Gasteiger partial charge in [-0.05, 0) is 43.2 Å². The van der Waals surface area contributed by atoms with Crippen LogP contribution < -0.4 is 10.1 Å². The fraction of sp³-hybridized carbons (Fsp3) is 0.238. The fourth-order valence-electron chi connectivity index (χ4n) is 2.94. The van der Waals surface area contributed by atoms with E-state index in [1.165, 1.54) is 6.08 Å². The summed E-state index contributed by atoms with van der Waals surface area (Å²) in [5.41, 5.74) is 1.62. The molecule has 146 valence electrons. The third-order valence-corrected chi connectivity index (χ3v) is 4.97. The van der Waals surface area contributed by atoms with Crippen LogP contribution >= 0.6 is 0 Å². The number of ether oxygens (including phenoxy) is 1. The van der Waals surface area contributed by atoms with Gasteiger partial charge in [0.2, 0.25) is 0 Å². The Balaban J connectivity index is 1.91. The molecule has 1 N–H and O–H groups in total. The second-order valence-electron chi connectivity index (χ2n) is 6.76. The minimum absolute atomic E-state index is 0.000307. The summed E-state index contributed by atoms with van der Waals surface area (Å²) in [5.74, 6) is 0.488. The summed E-state index contributed by atoms with van der Waals surface area (Å²) in [6.45, 7) is 1.66. The standard InChI is InChI=1S/C21H21NO5S/c1-14(10-11-28(2,25)26)22-21(24)18-13-17-15(8-9-19(17)23)12-20(18)27-16-6-4-3-5-7-16/h3-7,10-14H,8-9H2,1-2H3,(H,22,24)/b11-10+/t14-/m0/s1. The normalized spacial score (nSPS) is 14.7. The zero-order valence-electron chi connectivity index (χ0n) is 15.6. The predicted octanol–water partition coefficient (Wildman–Crippen LogP) is 3.28. The predicted molar refractivity (Wildman–Crippen MR) is 107 cm³/mol. The molecule has 7 heteroatoms. The lowest BCUT2D eigenvalue weighted by Gasteiger charge is -2.15. The van der Waals surface area contributed by atoms with Gasteiger partial charge in [0, 0.05) is 29.7 Å². The van der Waals surface area contributed by atoms with Crippen molar-refractivity contribution < 1.29 is 22.7 Å². The van der Waals surface area contributed by atoms with Crippen molar-refractivity contribution in [1.82, 2.24) is 5.32 Å². The number of benzene rings is 2. The summed E-state index contributed by atoms with van der Waals surface area (Å²) in [4.78, 5) is 24.9. The van der Waals surface area contributed by atoms with Crippen molar-refractivity contribution in [3.63, 3.8) is 0 Å². The first kappa shape index (κ1) is 19.8. The van der Waals surface area contributed by atoms with Crippen molar-refractivity contribution in [2.24, 2.45) is 0 Å². The zero-order valence-corrected chi connectivity index (χ0v) is 16.5. The number of rotatable bonds is 6. The average molecular weight is 399 g/mol. The highest BCUT2D eigenvalue weighted by Crippen LogP contribution is 2.33. The summed E-state index contributed by atoms with van der Waals surface area (Å²) >= 11 is 0. The molecule has 0 saturated heterocycles. The maximum atomic E-state index is 12.8. The summed E-state index contributed by atoms with van der Waals surface area (Å²) in [6, 6.07) is 11.8. The van der Waals surface area contributed by atoms with Crippen molar-refractivity contribution in [3.8, 4) is 11.5 Å². The lowest BCUT2D eigenvalue weighted by atomic mass is 10.0. The second kappa shape index (κ2) is 7.98. The third-order valence-electron chi connectivity index (χ3n) is 4.32. The number of Topliss-reactive ketones (excluding diaryl/α,β-unsaturated/α-hetero) is 1. The molecule has 0 spiro atoms. The maximum absolute atomic E-state index is 12.8. The molecular formula is C21H21NO5S. The van der Waals surface area contributed by atoms with Crippen LogP contribution in [0.1, 0.15) is 39.6 Å². The largest absolute Gasteiger partial charge is 0.457 e. The van der Waals surface area contributed by atoms with Crippen LogP contribution in [0, 0.1) is 0 Å². The van der Waals surface area contributed by atoms with Gasteiger partial charge in [-0.1, -0.05) is 24.3 Å². The summed E-state index contributed by atoms with van der Waals surface area (Å²) in [6.07, 6.45) is 3.51. The Kier molecular flexibility index (Phi) is 5.65. The molecule has 1 amide bonds. The molecule has 1 aliphatic rings. The molecule has 0 heterocycles. The first-order chi connectivity index (χ1) is 13.2. The van der Waals surface area contributed by atoms with E-state index in [0.29, 0.717) is 29.9 Å². The van der Waals surface area contributed by atoms with Gasteiger partial charge in [-0.15, -0.1) is 0 Å². The number of nitrogens with one attached hydrogen (secondary N) is 1. The van der Waals surface area contributed by atoms with Gasteiger partial charge >= 0.3 is 0 Å². The van der Waals surface area contributed by atoms with Crippen LogP contribution in [0.2, 0.25) is 0 Å². The minimum Gasteiger partial charge on any atom is -0.457 e. The van der Waals surface area contributed by atoms with Crippen LogP contribution in [0.25, 0.3) is 0 Å². The van der Waals surface area contributed by atoms with Crippen molar-refractivity contribution in [1.29, 1.82) is 0 Å². The quantitative estimate of drug-likeness (QED) is 0.805. The van der Waals surface area contributed by atoms with E-state index in [0.717, 1.165) is 17.2 Å². The number of carbonyl (C=O) groups excluding carboxylic acids is 2. The molecular weight excluding hydrogens is 378 g/mol. The number of aryl methyl sites for hydroxylation is 1. The van der Waals surface area contributed by atoms with Crippen molar-refractivity contribution >= 4 is 21.5 Å². The Morgan fingerprint density at radius 3 is 2.57 bits per heavy atom. The van der Waals surface area contributed by atoms with E-state index >= 15 is 0 Å². The molecule has 1 atom stereocenters. The first-order valence-corrected chi connectivity index (χ1v) is 10.8. The molecule has 1 aliphatic carbocycles. The molecule has 0 saturated carbocycles. The topological polar surface area (TPSA) is 89.5 Å². The van der Waals surface area contributed by atoms with Crippen molar-refractivity contribution in [2.45, 2.75) is 25.8 Å². The number of hydrogen-bond acceptors (Lipinski definition) is 5. The van der Waals surface area contributed by atoms with Crippen LogP contribution in [-0.4, -0.2) is 32.4 Å². The number of sulfone groups is 1. The van der Waals surface area contributed by atoms with Gasteiger partial charge in [0.25, 0.3) is 5.91 Å². The summed E-state index contributed by atoms with van der Waals surface area (Å²) in [7, 11) is -3.28. The molecule has 0 unspecified atom stereocenters. The summed E-state index contributed by atoms with van der Waals surface area (Å²) in [5, 5.41) is 3.77. The molecule has 0 radical (unpaired) electrons. The van der Waals surface area contributed by atoms with Gasteiger partial charge in [-0.3, -0.25) is 9.59 Å². The Labute approximate surface area is 164 Å². The van der Waals surface area contributed by atoms with Crippen LogP contribution in [0.5, 0.6) is 11.5 Å². The SMILES string of the molecule is C[C@@H](/C=C/S(C)(=O)=O)NC(=O)c1cc2c(cc1Oc1ccccc1)CCC2=O. The smallest absolute Gasteiger partial charge is 0.255 e. The second-order valence-corrected chi connectivity index (χ2v) is 8.70. The lowest BCUT2D eigenvalue weighted by Crippen LogP contribution is -2.31. The number of ketones is 1. The van der Waals surface area contributed by atoms with Crippen molar-refractivity contribution in [2.75, 3.05) is 6.26 Å². The highest BCUT2D eigenvalue weighted by Gasteiger charge is 2.25. The number of carbonyl (C=O) groups is 2. The number of hydrogen-bond donors (Lipinski definition) is 1. The van der Waals surface area contributed by atoms with Crippen LogP contribution in [0.4, 0.5) is 0 Å². The van der Waals surface area contributed by atoms with Gasteiger partial charge in [-0.2, -0.15) is 0 Å². The highest BCUT2D eigenvalue weighted by molar-refractivity contribution is 7.93. The molecule has 0 bridgehead atoms. The van der Waals surface area contributed by atoms with Crippen molar-refractivity contribution in [3.05, 3.63) is 70.6 Å². The monoisotopic (exact) mass is 399 g/mol. The van der Waals surface area contributed by atoms with Gasteiger partial charge in [0.1, 0.15) is 11.5 Å². The molecule has 0 aromatic heterocycles. The number of fused-ring (bicyclic) bond motifs is 1. The molecule has 28 heavy (non-hydrogen) atoms. The lowest BCUT2D eigenvalue weighted by molar-refractivity contribution is 0.0944. The molecule has 0 aliphatic heterocycles. The molecule has 6 nitrogen and oxygen atoms in total. The maximum Gasteiger partial charge on any atom is 0.255 e. The van der Waals surface area contributed by atoms with E-state index in [1.807, 2.05) is 18.2 Å². The number of amides is 1. The average Bonchev–Trinajstić information content (AvgIpc) is 3.00. The Bertz CT molecular complexity index is 1040. The van der Waals surface area contributed by atoms with E-state index < -0.39 is 21.8 Å². The minimum atomic E-state index is -3.28. The van der Waals surface area contributed by atoms with Gasteiger partial charge in [-0.25, -0.2) is 8.42 Å². The van der Waals surface area contributed by atoms with E-state index in [-0.39, 0.29) is 11.3 Å². The van der Waals surface area contributed by atoms with E-state index in [2.05, 4.69) is 5.32 Å². The van der Waals surface area contributed by atoms with Gasteiger partial charge in [0.05, 0.1) is 5.56 Å². The first-order valence-electron chi connectivity index (χ1n) is 8.85.